The molecule has 0 radical (unpaired) electrons. The van der Waals surface area contributed by atoms with Crippen molar-refractivity contribution in [1.82, 2.24) is 4.98 Å². The molecule has 3 aromatic carbocycles. The van der Waals surface area contributed by atoms with Gasteiger partial charge in [-0.3, -0.25) is 4.99 Å². The molecule has 0 aliphatic rings. The van der Waals surface area contributed by atoms with E-state index in [4.69, 9.17) is 4.42 Å². The van der Waals surface area contributed by atoms with Crippen LogP contribution in [0.3, 0.4) is 0 Å². The minimum Gasteiger partial charge on any atom is -0.436 e. The Morgan fingerprint density at radius 1 is 1.00 bits per heavy atom. The maximum absolute atomic E-state index is 13.1. The predicted molar refractivity (Wildman–Crippen MR) is 111 cm³/mol. The Bertz CT molecular complexity index is 1150. The molecule has 0 aliphatic carbocycles. The van der Waals surface area contributed by atoms with E-state index < -0.39 is 0 Å². The number of hydrogen-bond acceptors (Lipinski definition) is 3. The Morgan fingerprint density at radius 3 is 2.67 bits per heavy atom. The highest BCUT2D eigenvalue weighted by atomic mass is 79.9. The van der Waals surface area contributed by atoms with Crippen molar-refractivity contribution < 1.29 is 8.81 Å². The summed E-state index contributed by atoms with van der Waals surface area (Å²) in [5, 5.41) is 0. The fourth-order valence-corrected chi connectivity index (χ4v) is 3.02. The summed E-state index contributed by atoms with van der Waals surface area (Å²) in [6.07, 6.45) is 5.61. The van der Waals surface area contributed by atoms with E-state index in [1.54, 1.807) is 18.3 Å². The van der Waals surface area contributed by atoms with Crippen molar-refractivity contribution in [1.29, 1.82) is 0 Å². The van der Waals surface area contributed by atoms with Gasteiger partial charge in [-0.25, -0.2) is 9.37 Å². The number of aliphatic imine (C=N–C) groups is 1. The van der Waals surface area contributed by atoms with Crippen LogP contribution in [0.25, 0.3) is 28.6 Å². The predicted octanol–water partition coefficient (Wildman–Crippen LogP) is 6.81. The van der Waals surface area contributed by atoms with Gasteiger partial charge in [0.2, 0.25) is 5.89 Å². The first-order valence-electron chi connectivity index (χ1n) is 8.30. The molecule has 0 fully saturated rings. The molecule has 0 aliphatic heterocycles. The summed E-state index contributed by atoms with van der Waals surface area (Å²) in [7, 11) is 0. The average Bonchev–Trinajstić information content (AvgIpc) is 3.09. The lowest BCUT2D eigenvalue weighted by Gasteiger charge is -1.93. The first-order chi connectivity index (χ1) is 13.2. The van der Waals surface area contributed by atoms with Crippen molar-refractivity contribution in [2.75, 3.05) is 0 Å². The molecule has 0 bridgehead atoms. The van der Waals surface area contributed by atoms with E-state index in [1.807, 2.05) is 54.6 Å². The molecule has 0 N–H and O–H groups in total. The number of hydrogen-bond donors (Lipinski definition) is 0. The van der Waals surface area contributed by atoms with Gasteiger partial charge in [0, 0.05) is 16.3 Å². The van der Waals surface area contributed by atoms with Crippen molar-refractivity contribution in [3.63, 3.8) is 0 Å². The van der Waals surface area contributed by atoms with Gasteiger partial charge in [0.25, 0.3) is 0 Å². The van der Waals surface area contributed by atoms with E-state index in [9.17, 15) is 4.39 Å². The lowest BCUT2D eigenvalue weighted by Crippen LogP contribution is -1.78. The number of allylic oxidation sites excluding steroid dienone is 1. The van der Waals surface area contributed by atoms with Gasteiger partial charge in [-0.1, -0.05) is 34.1 Å². The normalized spacial score (nSPS) is 11.8. The number of fused-ring (bicyclic) bond motifs is 1. The van der Waals surface area contributed by atoms with E-state index in [-0.39, 0.29) is 5.82 Å². The Hall–Kier alpha value is -3.05. The molecule has 1 heterocycles. The number of rotatable bonds is 4. The zero-order valence-corrected chi connectivity index (χ0v) is 15.7. The molecule has 0 unspecified atom stereocenters. The third kappa shape index (κ3) is 4.20. The average molecular weight is 421 g/mol. The topological polar surface area (TPSA) is 38.4 Å². The summed E-state index contributed by atoms with van der Waals surface area (Å²) in [5.74, 6) is 0.170. The second kappa shape index (κ2) is 7.68. The van der Waals surface area contributed by atoms with Crippen LogP contribution in [0, 0.1) is 5.82 Å². The molecule has 4 aromatic rings. The second-order valence-electron chi connectivity index (χ2n) is 5.87. The molecule has 132 valence electrons. The van der Waals surface area contributed by atoms with Crippen LogP contribution in [0.15, 0.2) is 86.7 Å². The van der Waals surface area contributed by atoms with Gasteiger partial charge in [-0.15, -0.1) is 0 Å². The molecule has 3 nitrogen and oxygen atoms in total. The van der Waals surface area contributed by atoms with Crippen molar-refractivity contribution >= 4 is 45.0 Å². The quantitative estimate of drug-likeness (QED) is 0.340. The van der Waals surface area contributed by atoms with E-state index >= 15 is 0 Å². The summed E-state index contributed by atoms with van der Waals surface area (Å²) < 4.78 is 19.8. The number of nitrogens with zero attached hydrogens (tertiary/aromatic N) is 2. The number of aromatic nitrogens is 1. The van der Waals surface area contributed by atoms with Crippen molar-refractivity contribution in [2.45, 2.75) is 0 Å². The fourth-order valence-electron chi connectivity index (χ4n) is 2.61. The lowest BCUT2D eigenvalue weighted by molar-refractivity contribution is 0.616. The van der Waals surface area contributed by atoms with E-state index in [2.05, 4.69) is 25.9 Å². The van der Waals surface area contributed by atoms with E-state index in [1.165, 1.54) is 12.1 Å². The maximum Gasteiger partial charge on any atom is 0.227 e. The maximum atomic E-state index is 13.1. The summed E-state index contributed by atoms with van der Waals surface area (Å²) in [6.45, 7) is 0. The molecule has 5 heteroatoms. The molecular formula is C22H14BrFN2O. The zero-order chi connectivity index (χ0) is 18.6. The Kier molecular flexibility index (Phi) is 4.94. The van der Waals surface area contributed by atoms with Crippen LogP contribution in [-0.2, 0) is 0 Å². The molecule has 1 aromatic heterocycles. The zero-order valence-electron chi connectivity index (χ0n) is 14.1. The van der Waals surface area contributed by atoms with Gasteiger partial charge in [0.15, 0.2) is 5.58 Å². The minimum atomic E-state index is -0.289. The molecule has 0 atom stereocenters. The summed E-state index contributed by atoms with van der Waals surface area (Å²) in [4.78, 5) is 8.91. The van der Waals surface area contributed by atoms with E-state index in [0.29, 0.717) is 17.0 Å². The highest BCUT2D eigenvalue weighted by molar-refractivity contribution is 9.10. The number of benzene rings is 3. The van der Waals surface area contributed by atoms with Gasteiger partial charge in [-0.05, 0) is 66.2 Å². The summed E-state index contributed by atoms with van der Waals surface area (Å²) in [6, 6.07) is 19.6. The van der Waals surface area contributed by atoms with Crippen LogP contribution < -0.4 is 0 Å². The monoisotopic (exact) mass is 420 g/mol. The molecule has 27 heavy (non-hydrogen) atoms. The third-order valence-corrected chi connectivity index (χ3v) is 4.40. The van der Waals surface area contributed by atoms with Gasteiger partial charge in [-0.2, -0.15) is 0 Å². The largest absolute Gasteiger partial charge is 0.436 e. The van der Waals surface area contributed by atoms with Crippen LogP contribution in [0.4, 0.5) is 10.1 Å². The Labute approximate surface area is 164 Å². The molecule has 0 amide bonds. The van der Waals surface area contributed by atoms with Crippen LogP contribution in [0.5, 0.6) is 0 Å². The highest BCUT2D eigenvalue weighted by Gasteiger charge is 2.08. The summed E-state index contributed by atoms with van der Waals surface area (Å²) in [5.41, 5.74) is 3.97. The molecular weight excluding hydrogens is 407 g/mol. The van der Waals surface area contributed by atoms with Gasteiger partial charge < -0.3 is 4.42 Å². The van der Waals surface area contributed by atoms with Gasteiger partial charge >= 0.3 is 0 Å². The van der Waals surface area contributed by atoms with Crippen molar-refractivity contribution in [3.05, 3.63) is 88.7 Å². The standard InChI is InChI=1S/C22H14BrFN2O/c23-17-5-1-3-15(13-17)4-2-12-25-19-10-11-21-20(14-19)26-22(27-21)16-6-8-18(24)9-7-16/h1-14H/b4-2+,25-12?. The van der Waals surface area contributed by atoms with Crippen LogP contribution in [0.2, 0.25) is 0 Å². The van der Waals surface area contributed by atoms with Crippen LogP contribution >= 0.6 is 15.9 Å². The fraction of sp³-hybridized carbons (Fsp3) is 0. The molecule has 0 saturated heterocycles. The third-order valence-electron chi connectivity index (χ3n) is 3.91. The highest BCUT2D eigenvalue weighted by Crippen LogP contribution is 2.27. The van der Waals surface area contributed by atoms with Gasteiger partial charge in [0.05, 0.1) is 5.69 Å². The van der Waals surface area contributed by atoms with Crippen molar-refractivity contribution in [2.24, 2.45) is 4.99 Å². The van der Waals surface area contributed by atoms with Crippen LogP contribution in [0.1, 0.15) is 5.56 Å². The van der Waals surface area contributed by atoms with Crippen LogP contribution in [-0.4, -0.2) is 11.2 Å². The smallest absolute Gasteiger partial charge is 0.227 e. The van der Waals surface area contributed by atoms with Gasteiger partial charge in [0.1, 0.15) is 11.3 Å². The first kappa shape index (κ1) is 17.4. The Balaban J connectivity index is 1.53. The Morgan fingerprint density at radius 2 is 1.85 bits per heavy atom. The SMILES string of the molecule is Fc1ccc(-c2nc3cc(N=C/C=C/c4cccc(Br)c4)ccc3o2)cc1. The van der Waals surface area contributed by atoms with Crippen molar-refractivity contribution in [3.8, 4) is 11.5 Å². The first-order valence-corrected chi connectivity index (χ1v) is 9.09. The molecule has 0 spiro atoms. The minimum absolute atomic E-state index is 0.289. The number of halogens is 2. The summed E-state index contributed by atoms with van der Waals surface area (Å²) >= 11 is 3.45. The number of oxazole rings is 1. The van der Waals surface area contributed by atoms with E-state index in [0.717, 1.165) is 21.3 Å². The molecule has 0 saturated carbocycles. The molecule has 4 rings (SSSR count). The lowest BCUT2D eigenvalue weighted by atomic mass is 10.2. The second-order valence-corrected chi connectivity index (χ2v) is 6.79.